The first-order valence-electron chi connectivity index (χ1n) is 12.9. The fraction of sp³-hybridized carbons (Fsp3) is 0.517. The first-order valence-corrected chi connectivity index (χ1v) is 13.2. The summed E-state index contributed by atoms with van der Waals surface area (Å²) in [5.41, 5.74) is 0.424. The number of para-hydroxylation sites is 2. The zero-order valence-electron chi connectivity index (χ0n) is 21.3. The Kier molecular flexibility index (Phi) is 13.3. The van der Waals surface area contributed by atoms with E-state index in [2.05, 4.69) is 6.92 Å². The van der Waals surface area contributed by atoms with Crippen LogP contribution >= 0.6 is 11.6 Å². The van der Waals surface area contributed by atoms with Crippen molar-refractivity contribution in [2.75, 3.05) is 13.2 Å². The van der Waals surface area contributed by atoms with Crippen molar-refractivity contribution in [1.82, 2.24) is 0 Å². The lowest BCUT2D eigenvalue weighted by molar-refractivity contribution is 0.0442. The molecule has 192 valence electrons. The topological polar surface area (TPSA) is 61.8 Å². The number of benzene rings is 2. The maximum Gasteiger partial charge on any atom is 0.347 e. The average Bonchev–Trinajstić information content (AvgIpc) is 2.87. The van der Waals surface area contributed by atoms with Gasteiger partial charge in [-0.2, -0.15) is 0 Å². The smallest absolute Gasteiger partial charge is 0.347 e. The molecule has 0 bridgehead atoms. The second-order valence-electron chi connectivity index (χ2n) is 8.94. The van der Waals surface area contributed by atoms with Gasteiger partial charge in [-0.3, -0.25) is 0 Å². The van der Waals surface area contributed by atoms with Crippen LogP contribution < -0.4 is 9.47 Å². The summed E-state index contributed by atoms with van der Waals surface area (Å²) in [7, 11) is 0. The number of carbonyl (C=O) groups is 2. The van der Waals surface area contributed by atoms with Crippen LogP contribution in [0.5, 0.6) is 11.5 Å². The number of carbonyl (C=O) groups excluding carboxylic acids is 2. The number of hydrogen-bond acceptors (Lipinski definition) is 5. The molecule has 0 saturated carbocycles. The van der Waals surface area contributed by atoms with Gasteiger partial charge in [-0.05, 0) is 36.6 Å². The first-order chi connectivity index (χ1) is 17.0. The minimum atomic E-state index is -0.638. The predicted molar refractivity (Wildman–Crippen MR) is 141 cm³/mol. The Morgan fingerprint density at radius 1 is 0.829 bits per heavy atom. The molecule has 0 aliphatic carbocycles. The molecule has 0 spiro atoms. The van der Waals surface area contributed by atoms with Crippen LogP contribution in [-0.2, 0) is 4.74 Å². The quantitative estimate of drug-likeness (QED) is 0.131. The van der Waals surface area contributed by atoms with E-state index in [0.717, 1.165) is 19.3 Å². The SMILES string of the molecule is CCCCCCCCCCOc1c(Cl)cccc1C(=O)Oc1ccccc1C(=O)OC[C@@H](C)CC. The van der Waals surface area contributed by atoms with Crippen molar-refractivity contribution in [3.05, 3.63) is 58.6 Å². The second kappa shape index (κ2) is 16.2. The fourth-order valence-electron chi connectivity index (χ4n) is 3.52. The van der Waals surface area contributed by atoms with Crippen molar-refractivity contribution in [2.45, 2.75) is 78.6 Å². The Labute approximate surface area is 215 Å². The minimum Gasteiger partial charge on any atom is -0.491 e. The molecule has 5 nitrogen and oxygen atoms in total. The largest absolute Gasteiger partial charge is 0.491 e. The summed E-state index contributed by atoms with van der Waals surface area (Å²) < 4.78 is 16.9. The summed E-state index contributed by atoms with van der Waals surface area (Å²) >= 11 is 6.35. The van der Waals surface area contributed by atoms with Crippen molar-refractivity contribution in [2.24, 2.45) is 5.92 Å². The van der Waals surface area contributed by atoms with Gasteiger partial charge in [0.1, 0.15) is 16.9 Å². The summed E-state index contributed by atoms with van der Waals surface area (Å²) in [6.45, 7) is 7.04. The first kappa shape index (κ1) is 28.7. The maximum atomic E-state index is 13.0. The lowest BCUT2D eigenvalue weighted by atomic mass is 10.1. The van der Waals surface area contributed by atoms with Gasteiger partial charge < -0.3 is 14.2 Å². The molecule has 0 aliphatic rings. The van der Waals surface area contributed by atoms with Crippen molar-refractivity contribution in [3.63, 3.8) is 0 Å². The fourth-order valence-corrected chi connectivity index (χ4v) is 3.75. The lowest BCUT2D eigenvalue weighted by Crippen LogP contribution is -2.16. The third-order valence-corrected chi connectivity index (χ3v) is 6.23. The number of rotatable bonds is 16. The van der Waals surface area contributed by atoms with Gasteiger partial charge in [0.15, 0.2) is 5.75 Å². The second-order valence-corrected chi connectivity index (χ2v) is 9.34. The van der Waals surface area contributed by atoms with Gasteiger partial charge in [0.05, 0.1) is 18.2 Å². The van der Waals surface area contributed by atoms with Crippen molar-refractivity contribution in [3.8, 4) is 11.5 Å². The Morgan fingerprint density at radius 3 is 2.20 bits per heavy atom. The molecule has 6 heteroatoms. The summed E-state index contributed by atoms with van der Waals surface area (Å²) in [6, 6.07) is 11.5. The minimum absolute atomic E-state index is 0.139. The van der Waals surface area contributed by atoms with Crippen LogP contribution in [0, 0.1) is 5.92 Å². The van der Waals surface area contributed by atoms with Crippen molar-refractivity contribution < 1.29 is 23.8 Å². The van der Waals surface area contributed by atoms with E-state index in [4.69, 9.17) is 25.8 Å². The van der Waals surface area contributed by atoms with Crippen LogP contribution in [-0.4, -0.2) is 25.2 Å². The molecule has 0 aromatic heterocycles. The highest BCUT2D eigenvalue weighted by atomic mass is 35.5. The predicted octanol–water partition coefficient (Wildman–Crippen LogP) is 8.28. The van der Waals surface area contributed by atoms with Crippen LogP contribution in [0.25, 0.3) is 0 Å². The molecular formula is C29H39ClO5. The zero-order chi connectivity index (χ0) is 25.5. The number of esters is 2. The molecule has 2 rings (SSSR count). The number of ether oxygens (including phenoxy) is 3. The van der Waals surface area contributed by atoms with Gasteiger partial charge in [0.2, 0.25) is 0 Å². The third kappa shape index (κ3) is 9.93. The van der Waals surface area contributed by atoms with Gasteiger partial charge in [-0.15, -0.1) is 0 Å². The average molecular weight is 503 g/mol. The van der Waals surface area contributed by atoms with E-state index in [1.54, 1.807) is 42.5 Å². The van der Waals surface area contributed by atoms with E-state index >= 15 is 0 Å². The zero-order valence-corrected chi connectivity index (χ0v) is 22.1. The van der Waals surface area contributed by atoms with E-state index in [9.17, 15) is 9.59 Å². The molecule has 0 unspecified atom stereocenters. The van der Waals surface area contributed by atoms with Gasteiger partial charge in [0.25, 0.3) is 0 Å². The van der Waals surface area contributed by atoms with E-state index in [1.165, 1.54) is 38.5 Å². The molecule has 1 atom stereocenters. The van der Waals surface area contributed by atoms with Gasteiger partial charge in [0, 0.05) is 0 Å². The summed E-state index contributed by atoms with van der Waals surface area (Å²) in [6.07, 6.45) is 10.4. The van der Waals surface area contributed by atoms with Crippen molar-refractivity contribution in [1.29, 1.82) is 0 Å². The van der Waals surface area contributed by atoms with Crippen LogP contribution in [0.15, 0.2) is 42.5 Å². The molecule has 0 heterocycles. The molecule has 0 radical (unpaired) electrons. The maximum absolute atomic E-state index is 13.0. The third-order valence-electron chi connectivity index (χ3n) is 5.94. The number of hydrogen-bond donors (Lipinski definition) is 0. The van der Waals surface area contributed by atoms with E-state index < -0.39 is 11.9 Å². The van der Waals surface area contributed by atoms with E-state index in [0.29, 0.717) is 24.0 Å². The molecule has 0 saturated heterocycles. The Bertz CT molecular complexity index is 927. The summed E-state index contributed by atoms with van der Waals surface area (Å²) in [5, 5.41) is 0.347. The Hall–Kier alpha value is -2.53. The van der Waals surface area contributed by atoms with Gasteiger partial charge in [-0.1, -0.05) is 102 Å². The standard InChI is InChI=1S/C29H39ClO5/c1-4-6-7-8-9-10-11-14-20-33-27-24(17-15-18-25(27)30)29(32)35-26-19-13-12-16-23(26)28(31)34-21-22(3)5-2/h12-13,15-19,22H,4-11,14,20-21H2,1-3H3/t22-/m0/s1. The van der Waals surface area contributed by atoms with E-state index in [-0.39, 0.29) is 22.8 Å². The molecule has 35 heavy (non-hydrogen) atoms. The molecule has 2 aromatic carbocycles. The van der Waals surface area contributed by atoms with E-state index in [1.807, 2.05) is 13.8 Å². The Morgan fingerprint density at radius 2 is 1.49 bits per heavy atom. The van der Waals surface area contributed by atoms with Gasteiger partial charge >= 0.3 is 11.9 Å². The highest BCUT2D eigenvalue weighted by Crippen LogP contribution is 2.31. The highest BCUT2D eigenvalue weighted by molar-refractivity contribution is 6.32. The molecule has 0 fully saturated rings. The molecule has 0 N–H and O–H groups in total. The molecule has 2 aromatic rings. The normalized spacial score (nSPS) is 11.7. The van der Waals surface area contributed by atoms with Gasteiger partial charge in [-0.25, -0.2) is 9.59 Å². The molecule has 0 aliphatic heterocycles. The Balaban J connectivity index is 1.97. The summed E-state index contributed by atoms with van der Waals surface area (Å²) in [4.78, 5) is 25.6. The van der Waals surface area contributed by atoms with Crippen molar-refractivity contribution >= 4 is 23.5 Å². The molecular weight excluding hydrogens is 464 g/mol. The van der Waals surface area contributed by atoms with Crippen LogP contribution in [0.2, 0.25) is 5.02 Å². The summed E-state index contributed by atoms with van der Waals surface area (Å²) in [5.74, 6) is -0.466. The molecule has 0 amide bonds. The number of unbranched alkanes of at least 4 members (excludes halogenated alkanes) is 7. The van der Waals surface area contributed by atoms with Crippen LogP contribution in [0.4, 0.5) is 0 Å². The van der Waals surface area contributed by atoms with Crippen LogP contribution in [0.1, 0.15) is 99.3 Å². The lowest BCUT2D eigenvalue weighted by Gasteiger charge is -2.14. The van der Waals surface area contributed by atoms with Crippen LogP contribution in [0.3, 0.4) is 0 Å². The number of halogens is 1. The monoisotopic (exact) mass is 502 g/mol. The highest BCUT2D eigenvalue weighted by Gasteiger charge is 2.21.